The summed E-state index contributed by atoms with van der Waals surface area (Å²) in [5.41, 5.74) is -0.160. The van der Waals surface area contributed by atoms with Crippen molar-refractivity contribution in [3.05, 3.63) is 35.9 Å². The lowest BCUT2D eigenvalue weighted by Gasteiger charge is -2.33. The zero-order valence-corrected chi connectivity index (χ0v) is 13.1. The molecule has 6 nitrogen and oxygen atoms in total. The molecule has 2 saturated heterocycles. The van der Waals surface area contributed by atoms with Gasteiger partial charge in [-0.15, -0.1) is 0 Å². The van der Waals surface area contributed by atoms with Crippen LogP contribution in [-0.2, 0) is 19.0 Å². The van der Waals surface area contributed by atoms with Gasteiger partial charge in [-0.05, 0) is 30.2 Å². The Morgan fingerprint density at radius 1 is 1.29 bits per heavy atom. The lowest BCUT2D eigenvalue weighted by Crippen LogP contribution is -2.41. The van der Waals surface area contributed by atoms with Crippen molar-refractivity contribution < 1.29 is 29.2 Å². The highest BCUT2D eigenvalue weighted by Crippen LogP contribution is 2.52. The van der Waals surface area contributed by atoms with Crippen LogP contribution >= 0.6 is 0 Å². The lowest BCUT2D eigenvalue weighted by atomic mass is 9.84. The van der Waals surface area contributed by atoms with E-state index in [1.54, 1.807) is 30.3 Å². The molecule has 3 aliphatic rings. The number of rotatable bonds is 3. The predicted molar refractivity (Wildman–Crippen MR) is 83.9 cm³/mol. The molecule has 2 aliphatic heterocycles. The number of hydrogen-bond acceptors (Lipinski definition) is 6. The summed E-state index contributed by atoms with van der Waals surface area (Å²) in [6.07, 6.45) is 3.46. The van der Waals surface area contributed by atoms with E-state index in [1.807, 2.05) is 0 Å². The molecule has 0 amide bonds. The zero-order valence-electron chi connectivity index (χ0n) is 13.1. The van der Waals surface area contributed by atoms with E-state index in [1.165, 1.54) is 6.08 Å². The van der Waals surface area contributed by atoms with Crippen molar-refractivity contribution in [2.24, 2.45) is 11.8 Å². The summed E-state index contributed by atoms with van der Waals surface area (Å²) in [5.74, 6) is -0.301. The smallest absolute Gasteiger partial charge is 0.331 e. The number of hydrogen-bond donors (Lipinski definition) is 2. The summed E-state index contributed by atoms with van der Waals surface area (Å²) in [7, 11) is 0. The highest BCUT2D eigenvalue weighted by molar-refractivity contribution is 5.87. The van der Waals surface area contributed by atoms with Gasteiger partial charge in [-0.25, -0.2) is 4.79 Å². The molecular weight excluding hydrogens is 312 g/mol. The Balaban J connectivity index is 1.42. The Kier molecular flexibility index (Phi) is 3.83. The Morgan fingerprint density at radius 2 is 2.08 bits per heavy atom. The fraction of sp³-hybridized carbons (Fsp3) is 0.500. The second kappa shape index (κ2) is 5.88. The molecule has 3 fully saturated rings. The first kappa shape index (κ1) is 15.6. The number of ether oxygens (including phenoxy) is 3. The molecule has 1 aliphatic carbocycles. The first-order chi connectivity index (χ1) is 11.5. The van der Waals surface area contributed by atoms with Gasteiger partial charge in [0, 0.05) is 24.3 Å². The monoisotopic (exact) mass is 332 g/mol. The first-order valence-electron chi connectivity index (χ1n) is 8.18. The van der Waals surface area contributed by atoms with Crippen LogP contribution in [0.25, 0.3) is 6.08 Å². The van der Waals surface area contributed by atoms with Gasteiger partial charge in [-0.3, -0.25) is 0 Å². The van der Waals surface area contributed by atoms with Crippen molar-refractivity contribution in [1.82, 2.24) is 0 Å². The number of phenolic OH excluding ortho intramolecular Hbond substituents is 1. The molecule has 0 bridgehead atoms. The third-order valence-corrected chi connectivity index (χ3v) is 5.21. The summed E-state index contributed by atoms with van der Waals surface area (Å²) in [6.45, 7) is 0.787. The average Bonchev–Trinajstić information content (AvgIpc) is 3.05. The first-order valence-corrected chi connectivity index (χ1v) is 8.18. The zero-order chi connectivity index (χ0) is 16.7. The number of carbonyl (C=O) groups excluding carboxylic acids is 1. The van der Waals surface area contributed by atoms with Crippen LogP contribution in [0.15, 0.2) is 30.3 Å². The van der Waals surface area contributed by atoms with Gasteiger partial charge in [0.1, 0.15) is 11.9 Å². The summed E-state index contributed by atoms with van der Waals surface area (Å²) >= 11 is 0. The maximum atomic E-state index is 12.1. The van der Waals surface area contributed by atoms with Crippen LogP contribution in [0.5, 0.6) is 5.75 Å². The number of phenols is 1. The average molecular weight is 332 g/mol. The standard InChI is InChI=1S/C18H20O6/c19-12-4-1-11(2-5-12)3-6-15(20)24-14-9-18(21)10-23-17-16(18)13(14)7-8-22-17/h1-6,13-14,16-17,19,21H,7-10H2. The normalized spacial score (nSPS) is 37.5. The van der Waals surface area contributed by atoms with Gasteiger partial charge in [-0.1, -0.05) is 12.1 Å². The largest absolute Gasteiger partial charge is 0.508 e. The van der Waals surface area contributed by atoms with E-state index < -0.39 is 11.6 Å². The highest BCUT2D eigenvalue weighted by Gasteiger charge is 2.63. The van der Waals surface area contributed by atoms with Crippen LogP contribution in [0.4, 0.5) is 0 Å². The van der Waals surface area contributed by atoms with Gasteiger partial charge in [0.15, 0.2) is 6.29 Å². The minimum Gasteiger partial charge on any atom is -0.508 e. The molecular formula is C18H20O6. The van der Waals surface area contributed by atoms with Crippen molar-refractivity contribution in [2.45, 2.75) is 30.8 Å². The second-order valence-corrected chi connectivity index (χ2v) is 6.74. The molecule has 1 aromatic carbocycles. The van der Waals surface area contributed by atoms with Crippen LogP contribution in [0.1, 0.15) is 18.4 Å². The van der Waals surface area contributed by atoms with E-state index in [0.717, 1.165) is 12.0 Å². The SMILES string of the molecule is O=C(C=Cc1ccc(O)cc1)OC1CC2(O)COC3OCCC1C32. The molecule has 4 rings (SSSR count). The van der Waals surface area contributed by atoms with Crippen molar-refractivity contribution in [3.8, 4) is 5.75 Å². The van der Waals surface area contributed by atoms with Crippen LogP contribution in [-0.4, -0.2) is 47.4 Å². The summed E-state index contributed by atoms with van der Waals surface area (Å²) in [4.78, 5) is 12.1. The molecule has 6 heteroatoms. The predicted octanol–water partition coefficient (Wildman–Crippen LogP) is 1.46. The second-order valence-electron chi connectivity index (χ2n) is 6.74. The molecule has 2 heterocycles. The summed E-state index contributed by atoms with van der Waals surface area (Å²) in [5, 5.41) is 20.0. The molecule has 24 heavy (non-hydrogen) atoms. The lowest BCUT2D eigenvalue weighted by molar-refractivity contribution is -0.180. The fourth-order valence-corrected chi connectivity index (χ4v) is 4.11. The fourth-order valence-electron chi connectivity index (χ4n) is 4.11. The Bertz CT molecular complexity index is 654. The molecule has 0 spiro atoms. The van der Waals surface area contributed by atoms with Gasteiger partial charge in [0.2, 0.25) is 0 Å². The van der Waals surface area contributed by atoms with Crippen LogP contribution in [0.3, 0.4) is 0 Å². The van der Waals surface area contributed by atoms with Crippen molar-refractivity contribution >= 4 is 12.0 Å². The topological polar surface area (TPSA) is 85.2 Å². The van der Waals surface area contributed by atoms with Gasteiger partial charge in [-0.2, -0.15) is 0 Å². The van der Waals surface area contributed by atoms with Crippen LogP contribution < -0.4 is 0 Å². The van der Waals surface area contributed by atoms with Crippen LogP contribution in [0.2, 0.25) is 0 Å². The van der Waals surface area contributed by atoms with Crippen LogP contribution in [0, 0.1) is 11.8 Å². The van der Waals surface area contributed by atoms with Gasteiger partial charge in [0.05, 0.1) is 18.8 Å². The van der Waals surface area contributed by atoms with E-state index >= 15 is 0 Å². The quantitative estimate of drug-likeness (QED) is 0.644. The molecule has 2 N–H and O–H groups in total. The minimum atomic E-state index is -0.957. The number of aromatic hydroxyl groups is 1. The summed E-state index contributed by atoms with van der Waals surface area (Å²) in [6, 6.07) is 6.53. The van der Waals surface area contributed by atoms with Crippen molar-refractivity contribution in [3.63, 3.8) is 0 Å². The van der Waals surface area contributed by atoms with E-state index in [2.05, 4.69) is 0 Å². The van der Waals surface area contributed by atoms with E-state index in [4.69, 9.17) is 14.2 Å². The maximum absolute atomic E-state index is 12.1. The third kappa shape index (κ3) is 2.70. The number of benzene rings is 1. The van der Waals surface area contributed by atoms with Gasteiger partial charge >= 0.3 is 5.97 Å². The maximum Gasteiger partial charge on any atom is 0.331 e. The minimum absolute atomic E-state index is 0.0715. The molecule has 0 aromatic heterocycles. The van der Waals surface area contributed by atoms with E-state index in [0.29, 0.717) is 13.0 Å². The highest BCUT2D eigenvalue weighted by atomic mass is 16.7. The van der Waals surface area contributed by atoms with Gasteiger partial charge < -0.3 is 24.4 Å². The molecule has 5 unspecified atom stereocenters. The molecule has 1 aromatic rings. The Hall–Kier alpha value is -1.89. The third-order valence-electron chi connectivity index (χ3n) is 5.21. The molecule has 0 radical (unpaired) electrons. The molecule has 1 saturated carbocycles. The summed E-state index contributed by atoms with van der Waals surface area (Å²) < 4.78 is 16.7. The van der Waals surface area contributed by atoms with E-state index in [9.17, 15) is 15.0 Å². The Morgan fingerprint density at radius 3 is 2.88 bits per heavy atom. The molecule has 128 valence electrons. The number of esters is 1. The van der Waals surface area contributed by atoms with Crippen molar-refractivity contribution in [1.29, 1.82) is 0 Å². The Labute approximate surface area is 139 Å². The van der Waals surface area contributed by atoms with Gasteiger partial charge in [0.25, 0.3) is 0 Å². The van der Waals surface area contributed by atoms with Crippen molar-refractivity contribution in [2.75, 3.05) is 13.2 Å². The number of aliphatic hydroxyl groups is 1. The molecule has 5 atom stereocenters. The number of carbonyl (C=O) groups is 1. The van der Waals surface area contributed by atoms with E-state index in [-0.39, 0.29) is 36.6 Å².